The van der Waals surface area contributed by atoms with Crippen LogP contribution in [-0.4, -0.2) is 41.0 Å². The molecule has 0 radical (unpaired) electrons. The van der Waals surface area contributed by atoms with Crippen molar-refractivity contribution < 1.29 is 19.5 Å². The van der Waals surface area contributed by atoms with Gasteiger partial charge in [-0.25, -0.2) is 4.98 Å². The van der Waals surface area contributed by atoms with Crippen molar-refractivity contribution in [2.24, 2.45) is 5.92 Å². The molecule has 22 heavy (non-hydrogen) atoms. The molecule has 1 unspecified atom stereocenters. The molecule has 1 aromatic rings. The fraction of sp³-hybridized carbons (Fsp3) is 0.467. The topological polar surface area (TPSA) is 99.6 Å². The predicted octanol–water partition coefficient (Wildman–Crippen LogP) is 0.513. The molecule has 2 aliphatic rings. The number of carboxylic acids is 1. The normalized spacial score (nSPS) is 25.2. The van der Waals surface area contributed by atoms with Gasteiger partial charge in [0.2, 0.25) is 11.8 Å². The lowest BCUT2D eigenvalue weighted by molar-refractivity contribution is -0.141. The van der Waals surface area contributed by atoms with Crippen molar-refractivity contribution in [1.29, 1.82) is 0 Å². The molecule has 2 amide bonds. The van der Waals surface area contributed by atoms with Crippen molar-refractivity contribution in [2.75, 3.05) is 18.0 Å². The Labute approximate surface area is 127 Å². The number of carbonyl (C=O) groups excluding carboxylic acids is 2. The van der Waals surface area contributed by atoms with Crippen LogP contribution in [0.2, 0.25) is 0 Å². The van der Waals surface area contributed by atoms with E-state index >= 15 is 0 Å². The minimum atomic E-state index is -0.775. The second-order valence-electron chi connectivity index (χ2n) is 5.72. The monoisotopic (exact) mass is 303 g/mol. The average molecular weight is 303 g/mol. The lowest BCUT2D eigenvalue weighted by Crippen LogP contribution is -2.39. The van der Waals surface area contributed by atoms with Crippen molar-refractivity contribution in [3.05, 3.63) is 23.9 Å². The summed E-state index contributed by atoms with van der Waals surface area (Å²) in [7, 11) is 0. The third kappa shape index (κ3) is 2.79. The molecule has 2 N–H and O–H groups in total. The lowest BCUT2D eigenvalue weighted by Gasteiger charge is -2.22. The Hall–Kier alpha value is -2.44. The highest BCUT2D eigenvalue weighted by Crippen LogP contribution is 2.27. The molecule has 1 aromatic heterocycles. The van der Waals surface area contributed by atoms with E-state index < -0.39 is 5.97 Å². The average Bonchev–Trinajstić information content (AvgIpc) is 2.98. The number of hydrogen-bond acceptors (Lipinski definition) is 5. The Kier molecular flexibility index (Phi) is 3.79. The van der Waals surface area contributed by atoms with E-state index in [1.807, 2.05) is 17.0 Å². The van der Waals surface area contributed by atoms with Crippen LogP contribution in [0.5, 0.6) is 0 Å². The Balaban J connectivity index is 1.69. The first-order valence-electron chi connectivity index (χ1n) is 7.32. The number of piperidine rings is 1. The van der Waals surface area contributed by atoms with Crippen molar-refractivity contribution >= 4 is 23.6 Å². The van der Waals surface area contributed by atoms with Crippen LogP contribution < -0.4 is 10.2 Å². The molecule has 116 valence electrons. The maximum absolute atomic E-state index is 11.8. The summed E-state index contributed by atoms with van der Waals surface area (Å²) in [6, 6.07) is 3.64. The van der Waals surface area contributed by atoms with Crippen molar-refractivity contribution in [1.82, 2.24) is 10.3 Å². The van der Waals surface area contributed by atoms with Gasteiger partial charge in [-0.15, -0.1) is 0 Å². The van der Waals surface area contributed by atoms with Gasteiger partial charge in [-0.1, -0.05) is 6.07 Å². The van der Waals surface area contributed by atoms with Gasteiger partial charge in [0, 0.05) is 25.7 Å². The molecule has 3 rings (SSSR count). The zero-order valence-corrected chi connectivity index (χ0v) is 12.0. The third-order valence-electron chi connectivity index (χ3n) is 4.27. The van der Waals surface area contributed by atoms with E-state index in [2.05, 4.69) is 10.3 Å². The molecule has 0 bridgehead atoms. The quantitative estimate of drug-likeness (QED) is 0.789. The van der Waals surface area contributed by atoms with E-state index in [0.29, 0.717) is 32.4 Å². The maximum atomic E-state index is 11.8. The van der Waals surface area contributed by atoms with Crippen LogP contribution in [0.3, 0.4) is 0 Å². The van der Waals surface area contributed by atoms with Crippen molar-refractivity contribution in [3.8, 4) is 0 Å². The number of carboxylic acid groups (broad SMARTS) is 1. The van der Waals surface area contributed by atoms with Gasteiger partial charge >= 0.3 is 5.97 Å². The summed E-state index contributed by atoms with van der Waals surface area (Å²) in [6.07, 6.45) is 3.09. The van der Waals surface area contributed by atoms with Crippen LogP contribution in [0.1, 0.15) is 30.7 Å². The van der Waals surface area contributed by atoms with Crippen molar-refractivity contribution in [3.63, 3.8) is 0 Å². The molecule has 3 heterocycles. The molecular formula is C15H17N3O4. The van der Waals surface area contributed by atoms with Crippen LogP contribution in [-0.2, 0) is 14.4 Å². The molecule has 0 aliphatic carbocycles. The van der Waals surface area contributed by atoms with E-state index in [0.717, 1.165) is 11.4 Å². The number of anilines is 1. The number of imide groups is 1. The summed E-state index contributed by atoms with van der Waals surface area (Å²) in [5, 5.41) is 11.4. The molecular weight excluding hydrogens is 286 g/mol. The predicted molar refractivity (Wildman–Crippen MR) is 77.3 cm³/mol. The largest absolute Gasteiger partial charge is 0.481 e. The zero-order chi connectivity index (χ0) is 15.7. The fourth-order valence-electron chi connectivity index (χ4n) is 2.97. The minimum Gasteiger partial charge on any atom is -0.481 e. The van der Waals surface area contributed by atoms with Gasteiger partial charge in [0.25, 0.3) is 0 Å². The Morgan fingerprint density at radius 2 is 2.14 bits per heavy atom. The van der Waals surface area contributed by atoms with Gasteiger partial charge in [0.15, 0.2) is 0 Å². The molecule has 2 fully saturated rings. The highest BCUT2D eigenvalue weighted by molar-refractivity contribution is 6.00. The first kappa shape index (κ1) is 14.5. The summed E-state index contributed by atoms with van der Waals surface area (Å²) in [4.78, 5) is 40.3. The maximum Gasteiger partial charge on any atom is 0.308 e. The van der Waals surface area contributed by atoms with Gasteiger partial charge in [-0.3, -0.25) is 19.7 Å². The first-order valence-corrected chi connectivity index (χ1v) is 7.32. The highest BCUT2D eigenvalue weighted by atomic mass is 16.4. The molecule has 2 aliphatic heterocycles. The van der Waals surface area contributed by atoms with E-state index in [4.69, 9.17) is 5.11 Å². The third-order valence-corrected chi connectivity index (χ3v) is 4.27. The van der Waals surface area contributed by atoms with Crippen LogP contribution in [0.25, 0.3) is 0 Å². The Morgan fingerprint density at radius 1 is 1.32 bits per heavy atom. The number of hydrogen-bond donors (Lipinski definition) is 2. The molecule has 0 spiro atoms. The second-order valence-corrected chi connectivity index (χ2v) is 5.72. The summed E-state index contributed by atoms with van der Waals surface area (Å²) in [6.45, 7) is 1.13. The summed E-state index contributed by atoms with van der Waals surface area (Å²) < 4.78 is 0. The van der Waals surface area contributed by atoms with Gasteiger partial charge in [0.1, 0.15) is 5.82 Å². The van der Waals surface area contributed by atoms with Gasteiger partial charge in [-0.2, -0.15) is 0 Å². The zero-order valence-electron chi connectivity index (χ0n) is 12.0. The Morgan fingerprint density at radius 3 is 2.73 bits per heavy atom. The first-order chi connectivity index (χ1) is 10.5. The second kappa shape index (κ2) is 5.75. The van der Waals surface area contributed by atoms with Crippen LogP contribution >= 0.6 is 0 Å². The summed E-state index contributed by atoms with van der Waals surface area (Å²) in [5.74, 6) is -1.26. The smallest absolute Gasteiger partial charge is 0.308 e. The number of pyridine rings is 1. The number of aromatic nitrogens is 1. The molecule has 2 saturated heterocycles. The SMILES string of the molecule is O=C1CCC(c2ccc(N3CC[C@H](C(=O)O)C3)nc2)C(=O)N1. The van der Waals surface area contributed by atoms with Crippen LogP contribution in [0.15, 0.2) is 18.3 Å². The number of aliphatic carboxylic acids is 1. The van der Waals surface area contributed by atoms with Crippen molar-refractivity contribution in [2.45, 2.75) is 25.2 Å². The minimum absolute atomic E-state index is 0.234. The Bertz CT molecular complexity index is 614. The summed E-state index contributed by atoms with van der Waals surface area (Å²) in [5.41, 5.74) is 0.780. The van der Waals surface area contributed by atoms with E-state index in [9.17, 15) is 14.4 Å². The number of nitrogens with zero attached hydrogens (tertiary/aromatic N) is 2. The fourth-order valence-corrected chi connectivity index (χ4v) is 2.97. The van der Waals surface area contributed by atoms with E-state index in [1.165, 1.54) is 0 Å². The highest BCUT2D eigenvalue weighted by Gasteiger charge is 2.30. The molecule has 0 saturated carbocycles. The van der Waals surface area contributed by atoms with Gasteiger partial charge in [0.05, 0.1) is 11.8 Å². The molecule has 0 aromatic carbocycles. The van der Waals surface area contributed by atoms with Crippen LogP contribution in [0, 0.1) is 5.92 Å². The molecule has 7 nitrogen and oxygen atoms in total. The number of rotatable bonds is 3. The number of carbonyl (C=O) groups is 3. The van der Waals surface area contributed by atoms with Gasteiger partial charge < -0.3 is 10.0 Å². The number of nitrogens with one attached hydrogen (secondary N) is 1. The van der Waals surface area contributed by atoms with Crippen LogP contribution in [0.4, 0.5) is 5.82 Å². The van der Waals surface area contributed by atoms with E-state index in [-0.39, 0.29) is 23.7 Å². The standard InChI is InChI=1S/C15H17N3O4/c19-13-4-2-11(14(20)17-13)9-1-3-12(16-7-9)18-6-5-10(8-18)15(21)22/h1,3,7,10-11H,2,4-6,8H2,(H,21,22)(H,17,19,20)/t10-,11?/m0/s1. The van der Waals surface area contributed by atoms with E-state index in [1.54, 1.807) is 6.20 Å². The number of amides is 2. The van der Waals surface area contributed by atoms with Gasteiger partial charge in [-0.05, 0) is 24.5 Å². The molecule has 7 heteroatoms. The lowest BCUT2D eigenvalue weighted by atomic mass is 9.92. The summed E-state index contributed by atoms with van der Waals surface area (Å²) >= 11 is 0. The molecule has 2 atom stereocenters.